The minimum atomic E-state index is -0.0920. The Morgan fingerprint density at radius 1 is 1.38 bits per heavy atom. The van der Waals surface area contributed by atoms with Crippen molar-refractivity contribution in [1.29, 1.82) is 0 Å². The molecular formula is C15H22N4OS. The third-order valence-electron chi connectivity index (χ3n) is 4.46. The van der Waals surface area contributed by atoms with E-state index in [1.165, 1.54) is 30.6 Å². The van der Waals surface area contributed by atoms with Gasteiger partial charge in [0.1, 0.15) is 9.71 Å². The van der Waals surface area contributed by atoms with Gasteiger partial charge in [0.2, 0.25) is 0 Å². The summed E-state index contributed by atoms with van der Waals surface area (Å²) in [6.45, 7) is 4.07. The number of carbonyl (C=O) groups excluding carboxylic acids is 1. The minimum absolute atomic E-state index is 0.0440. The first-order valence-electron chi connectivity index (χ1n) is 7.45. The highest BCUT2D eigenvalue weighted by molar-refractivity contribution is 7.21. The molecule has 21 heavy (non-hydrogen) atoms. The van der Waals surface area contributed by atoms with E-state index in [0.717, 1.165) is 28.8 Å². The number of rotatable bonds is 2. The van der Waals surface area contributed by atoms with Crippen molar-refractivity contribution >= 4 is 33.1 Å². The van der Waals surface area contributed by atoms with E-state index in [2.05, 4.69) is 17.3 Å². The Kier molecular flexibility index (Phi) is 3.43. The Morgan fingerprint density at radius 3 is 2.67 bits per heavy atom. The lowest BCUT2D eigenvalue weighted by Gasteiger charge is -2.34. The van der Waals surface area contributed by atoms with Gasteiger partial charge in [0.05, 0.1) is 16.8 Å². The zero-order chi connectivity index (χ0) is 15.2. The zero-order valence-corrected chi connectivity index (χ0v) is 13.6. The number of amides is 1. The lowest BCUT2D eigenvalue weighted by molar-refractivity contribution is 0.0888. The summed E-state index contributed by atoms with van der Waals surface area (Å²) in [6.07, 6.45) is 5.72. The van der Waals surface area contributed by atoms with E-state index in [1.807, 2.05) is 14.0 Å². The van der Waals surface area contributed by atoms with Crippen LogP contribution >= 0.6 is 11.3 Å². The second-order valence-electron chi connectivity index (χ2n) is 6.31. The van der Waals surface area contributed by atoms with Crippen LogP contribution in [0.5, 0.6) is 0 Å². The van der Waals surface area contributed by atoms with Crippen LogP contribution in [0.15, 0.2) is 0 Å². The molecule has 5 nitrogen and oxygen atoms in total. The van der Waals surface area contributed by atoms with E-state index in [-0.39, 0.29) is 11.4 Å². The van der Waals surface area contributed by atoms with Gasteiger partial charge in [-0.3, -0.25) is 9.48 Å². The fourth-order valence-electron chi connectivity index (χ4n) is 3.29. The van der Waals surface area contributed by atoms with Gasteiger partial charge in [0.25, 0.3) is 5.91 Å². The largest absolute Gasteiger partial charge is 0.397 e. The number of nitrogen functional groups attached to an aromatic ring is 1. The molecule has 3 N–H and O–H groups in total. The van der Waals surface area contributed by atoms with E-state index in [1.54, 1.807) is 4.68 Å². The Labute approximate surface area is 128 Å². The van der Waals surface area contributed by atoms with Crippen LogP contribution in [-0.2, 0) is 7.05 Å². The van der Waals surface area contributed by atoms with Gasteiger partial charge < -0.3 is 11.1 Å². The van der Waals surface area contributed by atoms with Crippen LogP contribution in [-0.4, -0.2) is 21.2 Å². The maximum Gasteiger partial charge on any atom is 0.263 e. The number of anilines is 1. The van der Waals surface area contributed by atoms with Crippen molar-refractivity contribution in [2.24, 2.45) is 7.05 Å². The van der Waals surface area contributed by atoms with E-state index < -0.39 is 0 Å². The Bertz CT molecular complexity index is 694. The summed E-state index contributed by atoms with van der Waals surface area (Å²) in [4.78, 5) is 14.2. The molecule has 0 radical (unpaired) electrons. The number of nitrogens with zero attached hydrogens (tertiary/aromatic N) is 2. The number of aryl methyl sites for hydroxylation is 2. The average Bonchev–Trinajstić information content (AvgIpc) is 2.89. The number of nitrogens with one attached hydrogen (secondary N) is 1. The molecule has 3 rings (SSSR count). The molecule has 2 heterocycles. The lowest BCUT2D eigenvalue weighted by Crippen LogP contribution is -2.47. The smallest absolute Gasteiger partial charge is 0.263 e. The van der Waals surface area contributed by atoms with Gasteiger partial charge in [0.15, 0.2) is 0 Å². The molecule has 0 bridgehead atoms. The molecule has 0 spiro atoms. The predicted octanol–water partition coefficient (Wildman–Crippen LogP) is 2.98. The van der Waals surface area contributed by atoms with Gasteiger partial charge >= 0.3 is 0 Å². The molecule has 1 fully saturated rings. The first-order valence-corrected chi connectivity index (χ1v) is 8.27. The number of nitrogens with two attached hydrogens (primary N) is 1. The van der Waals surface area contributed by atoms with Crippen molar-refractivity contribution in [1.82, 2.24) is 15.1 Å². The number of hydrogen-bond acceptors (Lipinski definition) is 4. The maximum atomic E-state index is 12.6. The highest BCUT2D eigenvalue weighted by Gasteiger charge is 2.30. The quantitative estimate of drug-likeness (QED) is 0.896. The number of hydrogen-bond donors (Lipinski definition) is 2. The molecule has 0 saturated heterocycles. The molecule has 1 saturated carbocycles. The Hall–Kier alpha value is -1.56. The van der Waals surface area contributed by atoms with Crippen molar-refractivity contribution in [2.75, 3.05) is 5.73 Å². The third kappa shape index (κ3) is 2.41. The van der Waals surface area contributed by atoms with E-state index in [0.29, 0.717) is 10.6 Å². The summed E-state index contributed by atoms with van der Waals surface area (Å²) < 4.78 is 1.80. The molecule has 2 aromatic heterocycles. The highest BCUT2D eigenvalue weighted by Crippen LogP contribution is 2.36. The SMILES string of the molecule is Cc1nn(C)c2sc(C(=O)NC3(C)CCCCC3)c(N)c12. The Balaban J connectivity index is 1.91. The molecule has 6 heteroatoms. The van der Waals surface area contributed by atoms with Gasteiger partial charge in [0, 0.05) is 12.6 Å². The van der Waals surface area contributed by atoms with Crippen LogP contribution < -0.4 is 11.1 Å². The molecule has 0 aliphatic heterocycles. The summed E-state index contributed by atoms with van der Waals surface area (Å²) >= 11 is 1.43. The molecule has 2 aromatic rings. The first kappa shape index (κ1) is 14.4. The van der Waals surface area contributed by atoms with Crippen LogP contribution in [0.4, 0.5) is 5.69 Å². The molecule has 1 aliphatic carbocycles. The van der Waals surface area contributed by atoms with Crippen molar-refractivity contribution < 1.29 is 4.79 Å². The van der Waals surface area contributed by atoms with Gasteiger partial charge in [-0.1, -0.05) is 19.3 Å². The van der Waals surface area contributed by atoms with Crippen molar-refractivity contribution in [3.63, 3.8) is 0 Å². The number of thiophene rings is 1. The topological polar surface area (TPSA) is 72.9 Å². The monoisotopic (exact) mass is 306 g/mol. The lowest BCUT2D eigenvalue weighted by atomic mass is 9.83. The molecule has 0 atom stereocenters. The highest BCUT2D eigenvalue weighted by atomic mass is 32.1. The summed E-state index contributed by atoms with van der Waals surface area (Å²) in [5.74, 6) is -0.0440. The second-order valence-corrected chi connectivity index (χ2v) is 7.31. The van der Waals surface area contributed by atoms with E-state index in [9.17, 15) is 4.79 Å². The van der Waals surface area contributed by atoms with Gasteiger partial charge in [-0.25, -0.2) is 0 Å². The molecule has 1 aliphatic rings. The Morgan fingerprint density at radius 2 is 2.05 bits per heavy atom. The normalized spacial score (nSPS) is 18.0. The average molecular weight is 306 g/mol. The molecule has 0 unspecified atom stereocenters. The standard InChI is InChI=1S/C15H22N4OS/c1-9-10-11(16)12(21-14(10)19(3)18-9)13(20)17-15(2)7-5-4-6-8-15/h4-8,16H2,1-3H3,(H,17,20). The number of fused-ring (bicyclic) bond motifs is 1. The van der Waals surface area contributed by atoms with Crippen molar-refractivity contribution in [2.45, 2.75) is 51.5 Å². The second kappa shape index (κ2) is 5.02. The zero-order valence-electron chi connectivity index (χ0n) is 12.8. The van der Waals surface area contributed by atoms with Crippen molar-refractivity contribution in [3.05, 3.63) is 10.6 Å². The van der Waals surface area contributed by atoms with Crippen LogP contribution in [0.1, 0.15) is 54.4 Å². The third-order valence-corrected chi connectivity index (χ3v) is 5.73. The van der Waals surface area contributed by atoms with Crippen LogP contribution in [0, 0.1) is 6.92 Å². The summed E-state index contributed by atoms with van der Waals surface area (Å²) in [7, 11) is 1.88. The fourth-order valence-corrected chi connectivity index (χ4v) is 4.37. The summed E-state index contributed by atoms with van der Waals surface area (Å²) in [6, 6.07) is 0. The molecular weight excluding hydrogens is 284 g/mol. The van der Waals surface area contributed by atoms with Crippen LogP contribution in [0.2, 0.25) is 0 Å². The molecule has 0 aromatic carbocycles. The van der Waals surface area contributed by atoms with Crippen LogP contribution in [0.25, 0.3) is 10.2 Å². The molecule has 1 amide bonds. The van der Waals surface area contributed by atoms with Crippen molar-refractivity contribution in [3.8, 4) is 0 Å². The number of carbonyl (C=O) groups is 1. The minimum Gasteiger partial charge on any atom is -0.397 e. The first-order chi connectivity index (χ1) is 9.91. The summed E-state index contributed by atoms with van der Waals surface area (Å²) in [5, 5.41) is 8.48. The van der Waals surface area contributed by atoms with E-state index >= 15 is 0 Å². The number of aromatic nitrogens is 2. The van der Waals surface area contributed by atoms with E-state index in [4.69, 9.17) is 5.73 Å². The van der Waals surface area contributed by atoms with Gasteiger partial charge in [-0.2, -0.15) is 5.10 Å². The van der Waals surface area contributed by atoms with Gasteiger partial charge in [-0.15, -0.1) is 11.3 Å². The fraction of sp³-hybridized carbons (Fsp3) is 0.600. The van der Waals surface area contributed by atoms with Crippen LogP contribution in [0.3, 0.4) is 0 Å². The maximum absolute atomic E-state index is 12.6. The van der Waals surface area contributed by atoms with Gasteiger partial charge in [-0.05, 0) is 26.7 Å². The molecule has 114 valence electrons. The summed E-state index contributed by atoms with van der Waals surface area (Å²) in [5.41, 5.74) is 7.55. The predicted molar refractivity (Wildman–Crippen MR) is 86.7 cm³/mol.